The Labute approximate surface area is 147 Å². The summed E-state index contributed by atoms with van der Waals surface area (Å²) in [5, 5.41) is 0.756. The van der Waals surface area contributed by atoms with E-state index in [4.69, 9.17) is 16.3 Å². The molecule has 1 aliphatic heterocycles. The average Bonchev–Trinajstić information content (AvgIpc) is 3.04. The molecular formula is C22H18ClO. The van der Waals surface area contributed by atoms with Gasteiger partial charge in [0.1, 0.15) is 11.9 Å². The van der Waals surface area contributed by atoms with Crippen LogP contribution >= 0.6 is 11.6 Å². The maximum Gasteiger partial charge on any atom is 0.130 e. The van der Waals surface area contributed by atoms with Gasteiger partial charge in [-0.05, 0) is 23.6 Å². The molecule has 119 valence electrons. The first-order chi connectivity index (χ1) is 11.8. The van der Waals surface area contributed by atoms with Gasteiger partial charge in [0.15, 0.2) is 0 Å². The predicted octanol–water partition coefficient (Wildman–Crippen LogP) is 5.76. The van der Waals surface area contributed by atoms with E-state index in [0.717, 1.165) is 34.7 Å². The molecule has 1 nitrogen and oxygen atoms in total. The molecule has 1 atom stereocenters. The zero-order chi connectivity index (χ0) is 16.4. The molecule has 2 heteroatoms. The van der Waals surface area contributed by atoms with Gasteiger partial charge in [-0.3, -0.25) is 0 Å². The summed E-state index contributed by atoms with van der Waals surface area (Å²) in [5.74, 6) is 0.972. The van der Waals surface area contributed by atoms with Crippen LogP contribution in [0, 0.1) is 6.42 Å². The summed E-state index contributed by atoms with van der Waals surface area (Å²) >= 11 is 6.37. The van der Waals surface area contributed by atoms with E-state index in [-0.39, 0.29) is 6.10 Å². The van der Waals surface area contributed by atoms with Crippen molar-refractivity contribution in [2.24, 2.45) is 0 Å². The van der Waals surface area contributed by atoms with Crippen molar-refractivity contribution in [3.05, 3.63) is 95.4 Å². The van der Waals surface area contributed by atoms with E-state index in [9.17, 15) is 0 Å². The van der Waals surface area contributed by atoms with E-state index in [0.29, 0.717) is 0 Å². The SMILES string of the molecule is Clc1ccccc1-c1cccc2c1OC([CH]Cc1ccccc1)C2. The van der Waals surface area contributed by atoms with E-state index < -0.39 is 0 Å². The van der Waals surface area contributed by atoms with Crippen molar-refractivity contribution in [2.45, 2.75) is 18.9 Å². The van der Waals surface area contributed by atoms with Crippen LogP contribution in [0.2, 0.25) is 5.02 Å². The maximum atomic E-state index is 6.37. The summed E-state index contributed by atoms with van der Waals surface area (Å²) in [7, 11) is 0. The first-order valence-electron chi connectivity index (χ1n) is 8.22. The number of fused-ring (bicyclic) bond motifs is 1. The highest BCUT2D eigenvalue weighted by Gasteiger charge is 2.26. The Kier molecular flexibility index (Phi) is 4.27. The van der Waals surface area contributed by atoms with Gasteiger partial charge in [-0.15, -0.1) is 0 Å². The minimum absolute atomic E-state index is 0.115. The quantitative estimate of drug-likeness (QED) is 0.590. The monoisotopic (exact) mass is 333 g/mol. The fourth-order valence-electron chi connectivity index (χ4n) is 3.20. The van der Waals surface area contributed by atoms with Gasteiger partial charge in [0.25, 0.3) is 0 Å². The molecule has 1 radical (unpaired) electrons. The van der Waals surface area contributed by atoms with Crippen LogP contribution in [0.1, 0.15) is 11.1 Å². The van der Waals surface area contributed by atoms with Gasteiger partial charge in [0, 0.05) is 29.0 Å². The van der Waals surface area contributed by atoms with Crippen molar-refractivity contribution in [3.63, 3.8) is 0 Å². The van der Waals surface area contributed by atoms with Crippen LogP contribution in [-0.2, 0) is 12.8 Å². The van der Waals surface area contributed by atoms with E-state index in [1.165, 1.54) is 11.1 Å². The van der Waals surface area contributed by atoms with E-state index in [2.05, 4.69) is 48.9 Å². The van der Waals surface area contributed by atoms with Crippen molar-refractivity contribution in [3.8, 4) is 16.9 Å². The Morgan fingerprint density at radius 2 is 1.62 bits per heavy atom. The molecule has 3 aromatic rings. The molecule has 4 rings (SSSR count). The molecule has 1 heterocycles. The van der Waals surface area contributed by atoms with Crippen molar-refractivity contribution >= 4 is 11.6 Å². The highest BCUT2D eigenvalue weighted by atomic mass is 35.5. The summed E-state index contributed by atoms with van der Waals surface area (Å²) < 4.78 is 6.26. The number of halogens is 1. The molecule has 0 N–H and O–H groups in total. The van der Waals surface area contributed by atoms with Gasteiger partial charge in [-0.25, -0.2) is 0 Å². The third-order valence-electron chi connectivity index (χ3n) is 4.41. The molecule has 0 saturated heterocycles. The second kappa shape index (κ2) is 6.70. The van der Waals surface area contributed by atoms with Crippen LogP contribution in [0.4, 0.5) is 0 Å². The summed E-state index contributed by atoms with van der Waals surface area (Å²) in [5.41, 5.74) is 4.67. The fourth-order valence-corrected chi connectivity index (χ4v) is 3.44. The molecule has 0 aromatic heterocycles. The molecule has 0 aliphatic carbocycles. The summed E-state index contributed by atoms with van der Waals surface area (Å²) in [4.78, 5) is 0. The molecule has 0 amide bonds. The molecule has 0 spiro atoms. The van der Waals surface area contributed by atoms with Crippen LogP contribution in [0.15, 0.2) is 72.8 Å². The van der Waals surface area contributed by atoms with Gasteiger partial charge < -0.3 is 4.74 Å². The third-order valence-corrected chi connectivity index (χ3v) is 4.74. The van der Waals surface area contributed by atoms with Gasteiger partial charge in [-0.1, -0.05) is 78.3 Å². The number of para-hydroxylation sites is 1. The zero-order valence-electron chi connectivity index (χ0n) is 13.3. The van der Waals surface area contributed by atoms with Crippen molar-refractivity contribution < 1.29 is 4.74 Å². The second-order valence-electron chi connectivity index (χ2n) is 6.06. The van der Waals surface area contributed by atoms with Gasteiger partial charge >= 0.3 is 0 Å². The molecule has 0 fully saturated rings. The van der Waals surface area contributed by atoms with Crippen molar-refractivity contribution in [1.82, 2.24) is 0 Å². The minimum atomic E-state index is 0.115. The standard InChI is InChI=1S/C22H18ClO/c23-21-12-5-4-10-19(21)20-11-6-9-17-15-18(24-22(17)20)14-13-16-7-2-1-3-8-16/h1-12,14,18H,13,15H2. The van der Waals surface area contributed by atoms with Crippen LogP contribution in [0.25, 0.3) is 11.1 Å². The van der Waals surface area contributed by atoms with E-state index >= 15 is 0 Å². The second-order valence-corrected chi connectivity index (χ2v) is 6.47. The summed E-state index contributed by atoms with van der Waals surface area (Å²) in [6.07, 6.45) is 4.21. The molecule has 0 saturated carbocycles. The largest absolute Gasteiger partial charge is 0.489 e. The van der Waals surface area contributed by atoms with Gasteiger partial charge in [-0.2, -0.15) is 0 Å². The normalized spacial score (nSPS) is 15.8. The number of benzene rings is 3. The van der Waals surface area contributed by atoms with Crippen molar-refractivity contribution in [2.75, 3.05) is 0 Å². The smallest absolute Gasteiger partial charge is 0.130 e. The Bertz CT molecular complexity index is 842. The first-order valence-corrected chi connectivity index (χ1v) is 8.60. The highest BCUT2D eigenvalue weighted by Crippen LogP contribution is 2.41. The maximum absolute atomic E-state index is 6.37. The van der Waals surface area contributed by atoms with Gasteiger partial charge in [0.2, 0.25) is 0 Å². The number of hydrogen-bond acceptors (Lipinski definition) is 1. The fraction of sp³-hybridized carbons (Fsp3) is 0.136. The third kappa shape index (κ3) is 3.05. The Balaban J connectivity index is 1.54. The first kappa shape index (κ1) is 15.3. The number of rotatable bonds is 4. The molecule has 1 aliphatic rings. The molecule has 24 heavy (non-hydrogen) atoms. The lowest BCUT2D eigenvalue weighted by Gasteiger charge is -2.13. The van der Waals surface area contributed by atoms with E-state index in [1.807, 2.05) is 30.3 Å². The number of hydrogen-bond donors (Lipinski definition) is 0. The van der Waals surface area contributed by atoms with Crippen LogP contribution < -0.4 is 4.74 Å². The topological polar surface area (TPSA) is 9.23 Å². The average molecular weight is 334 g/mol. The zero-order valence-corrected chi connectivity index (χ0v) is 14.0. The van der Waals surface area contributed by atoms with Crippen LogP contribution in [-0.4, -0.2) is 6.10 Å². The Morgan fingerprint density at radius 1 is 0.875 bits per heavy atom. The predicted molar refractivity (Wildman–Crippen MR) is 99.5 cm³/mol. The lowest BCUT2D eigenvalue weighted by Crippen LogP contribution is -2.14. The van der Waals surface area contributed by atoms with Gasteiger partial charge in [0.05, 0.1) is 0 Å². The summed E-state index contributed by atoms with van der Waals surface area (Å²) in [6, 6.07) is 24.7. The Hall–Kier alpha value is -2.25. The molecule has 0 bridgehead atoms. The summed E-state index contributed by atoms with van der Waals surface area (Å²) in [6.45, 7) is 0. The van der Waals surface area contributed by atoms with Crippen LogP contribution in [0.5, 0.6) is 5.75 Å². The van der Waals surface area contributed by atoms with Crippen LogP contribution in [0.3, 0.4) is 0 Å². The van der Waals surface area contributed by atoms with Crippen molar-refractivity contribution in [1.29, 1.82) is 0 Å². The lowest BCUT2D eigenvalue weighted by atomic mass is 9.99. The highest BCUT2D eigenvalue weighted by molar-refractivity contribution is 6.33. The molecule has 3 aromatic carbocycles. The molecular weight excluding hydrogens is 316 g/mol. The van der Waals surface area contributed by atoms with E-state index in [1.54, 1.807) is 0 Å². The number of ether oxygens (including phenoxy) is 1. The lowest BCUT2D eigenvalue weighted by molar-refractivity contribution is 0.264. The molecule has 1 unspecified atom stereocenters. The Morgan fingerprint density at radius 3 is 2.46 bits per heavy atom. The minimum Gasteiger partial charge on any atom is -0.489 e.